The van der Waals surface area contributed by atoms with E-state index in [4.69, 9.17) is 4.42 Å². The predicted octanol–water partition coefficient (Wildman–Crippen LogP) is 3.91. The Bertz CT molecular complexity index is 560. The molecule has 1 aromatic heterocycles. The van der Waals surface area contributed by atoms with E-state index in [-0.39, 0.29) is 5.91 Å². The molecular formula is C13H12BrNO2. The smallest absolute Gasteiger partial charge is 0.260 e. The lowest BCUT2D eigenvalue weighted by Crippen LogP contribution is -2.12. The van der Waals surface area contributed by atoms with Crippen molar-refractivity contribution >= 4 is 27.5 Å². The van der Waals surface area contributed by atoms with Crippen LogP contribution >= 0.6 is 15.9 Å². The van der Waals surface area contributed by atoms with Gasteiger partial charge in [0, 0.05) is 5.69 Å². The third-order valence-corrected chi connectivity index (χ3v) is 3.11. The summed E-state index contributed by atoms with van der Waals surface area (Å²) < 4.78 is 5.47. The molecule has 0 aliphatic rings. The molecule has 0 saturated carbocycles. The molecule has 1 N–H and O–H groups in total. The highest BCUT2D eigenvalue weighted by Gasteiger charge is 2.13. The van der Waals surface area contributed by atoms with Crippen molar-refractivity contribution in [3.63, 3.8) is 0 Å². The maximum Gasteiger partial charge on any atom is 0.260 e. The number of aryl methyl sites for hydroxylation is 2. The highest BCUT2D eigenvalue weighted by molar-refractivity contribution is 9.10. The molecule has 0 spiro atoms. The Morgan fingerprint density at radius 1 is 1.29 bits per heavy atom. The van der Waals surface area contributed by atoms with E-state index in [1.807, 2.05) is 32.0 Å². The Morgan fingerprint density at radius 2 is 2.06 bits per heavy atom. The molecule has 0 fully saturated rings. The number of amides is 1. The topological polar surface area (TPSA) is 42.2 Å². The van der Waals surface area contributed by atoms with E-state index in [2.05, 4.69) is 21.2 Å². The molecular weight excluding hydrogens is 282 g/mol. The van der Waals surface area contributed by atoms with Crippen molar-refractivity contribution in [2.75, 3.05) is 5.32 Å². The van der Waals surface area contributed by atoms with Gasteiger partial charge in [-0.1, -0.05) is 17.7 Å². The summed E-state index contributed by atoms with van der Waals surface area (Å²) in [5.41, 5.74) is 3.52. The summed E-state index contributed by atoms with van der Waals surface area (Å²) in [7, 11) is 0. The summed E-state index contributed by atoms with van der Waals surface area (Å²) in [5.74, 6) is -0.183. The maximum absolute atomic E-state index is 11.9. The monoisotopic (exact) mass is 293 g/mol. The van der Waals surface area contributed by atoms with Gasteiger partial charge in [-0.05, 0) is 47.5 Å². The molecule has 0 unspecified atom stereocenters. The van der Waals surface area contributed by atoms with E-state index in [1.54, 1.807) is 6.07 Å². The van der Waals surface area contributed by atoms with Gasteiger partial charge in [0.2, 0.25) is 0 Å². The Morgan fingerprint density at radius 3 is 2.65 bits per heavy atom. The first kappa shape index (κ1) is 11.9. The second kappa shape index (κ2) is 4.75. The average Bonchev–Trinajstić information content (AvgIpc) is 2.68. The van der Waals surface area contributed by atoms with E-state index in [0.717, 1.165) is 11.3 Å². The first-order valence-electron chi connectivity index (χ1n) is 5.19. The Kier molecular flexibility index (Phi) is 3.33. The molecule has 0 aliphatic heterocycles. The van der Waals surface area contributed by atoms with Crippen LogP contribution in [-0.2, 0) is 0 Å². The molecule has 0 atom stereocenters. The van der Waals surface area contributed by atoms with E-state index < -0.39 is 0 Å². The lowest BCUT2D eigenvalue weighted by Gasteiger charge is -2.08. The second-order valence-electron chi connectivity index (χ2n) is 3.88. The van der Waals surface area contributed by atoms with Gasteiger partial charge in [0.15, 0.2) is 4.67 Å². The number of furan rings is 1. The van der Waals surface area contributed by atoms with Gasteiger partial charge in [0.25, 0.3) is 5.91 Å². The lowest BCUT2D eigenvalue weighted by molar-refractivity contribution is 0.102. The van der Waals surface area contributed by atoms with Crippen molar-refractivity contribution in [1.82, 2.24) is 0 Å². The zero-order valence-electron chi connectivity index (χ0n) is 9.58. The summed E-state index contributed by atoms with van der Waals surface area (Å²) >= 11 is 3.18. The molecule has 0 radical (unpaired) electrons. The zero-order chi connectivity index (χ0) is 12.4. The number of hydrogen-bond donors (Lipinski definition) is 1. The first-order chi connectivity index (χ1) is 8.08. The highest BCUT2D eigenvalue weighted by atomic mass is 79.9. The Balaban J connectivity index is 2.22. The van der Waals surface area contributed by atoms with Crippen LogP contribution in [0.3, 0.4) is 0 Å². The van der Waals surface area contributed by atoms with E-state index >= 15 is 0 Å². The largest absolute Gasteiger partial charge is 0.457 e. The van der Waals surface area contributed by atoms with Crippen molar-refractivity contribution < 1.29 is 9.21 Å². The minimum Gasteiger partial charge on any atom is -0.457 e. The fourth-order valence-corrected chi connectivity index (χ4v) is 2.02. The predicted molar refractivity (Wildman–Crippen MR) is 70.3 cm³/mol. The van der Waals surface area contributed by atoms with E-state index in [9.17, 15) is 4.79 Å². The molecule has 4 heteroatoms. The molecule has 17 heavy (non-hydrogen) atoms. The minimum atomic E-state index is -0.183. The summed E-state index contributed by atoms with van der Waals surface area (Å²) in [4.78, 5) is 11.9. The lowest BCUT2D eigenvalue weighted by atomic mass is 10.1. The van der Waals surface area contributed by atoms with Gasteiger partial charge < -0.3 is 9.73 Å². The van der Waals surface area contributed by atoms with Gasteiger partial charge in [-0.25, -0.2) is 0 Å². The highest BCUT2D eigenvalue weighted by Crippen LogP contribution is 2.21. The van der Waals surface area contributed by atoms with Gasteiger partial charge in [-0.15, -0.1) is 0 Å². The molecule has 0 saturated heterocycles. The Labute approximate surface area is 108 Å². The third kappa shape index (κ3) is 2.58. The molecule has 1 aromatic carbocycles. The molecule has 88 valence electrons. The number of halogens is 1. The van der Waals surface area contributed by atoms with Crippen LogP contribution in [0.4, 0.5) is 5.69 Å². The number of anilines is 1. The first-order valence-corrected chi connectivity index (χ1v) is 5.99. The van der Waals surface area contributed by atoms with Gasteiger partial charge in [-0.2, -0.15) is 0 Å². The van der Waals surface area contributed by atoms with Crippen LogP contribution < -0.4 is 5.32 Å². The summed E-state index contributed by atoms with van der Waals surface area (Å²) in [5, 5.41) is 2.85. The molecule has 3 nitrogen and oxygen atoms in total. The molecule has 1 amide bonds. The van der Waals surface area contributed by atoms with Crippen LogP contribution in [0.25, 0.3) is 0 Å². The molecule has 0 bridgehead atoms. The van der Waals surface area contributed by atoms with Gasteiger partial charge in [0.1, 0.15) is 0 Å². The molecule has 2 aromatic rings. The number of nitrogens with one attached hydrogen (secondary N) is 1. The zero-order valence-corrected chi connectivity index (χ0v) is 11.2. The quantitative estimate of drug-likeness (QED) is 0.912. The maximum atomic E-state index is 11.9. The van der Waals surface area contributed by atoms with Crippen LogP contribution in [0, 0.1) is 13.8 Å². The van der Waals surface area contributed by atoms with Crippen molar-refractivity contribution in [3.05, 3.63) is 51.9 Å². The van der Waals surface area contributed by atoms with Crippen molar-refractivity contribution in [3.8, 4) is 0 Å². The average molecular weight is 294 g/mol. The van der Waals surface area contributed by atoms with Gasteiger partial charge in [-0.3, -0.25) is 4.79 Å². The van der Waals surface area contributed by atoms with Crippen LogP contribution in [0.1, 0.15) is 21.5 Å². The number of benzene rings is 1. The number of carbonyl (C=O) groups is 1. The summed E-state index contributed by atoms with van der Waals surface area (Å²) in [6.45, 7) is 3.98. The van der Waals surface area contributed by atoms with Crippen LogP contribution in [-0.4, -0.2) is 5.91 Å². The van der Waals surface area contributed by atoms with Crippen molar-refractivity contribution in [1.29, 1.82) is 0 Å². The number of rotatable bonds is 2. The molecule has 1 heterocycles. The third-order valence-electron chi connectivity index (χ3n) is 2.49. The summed E-state index contributed by atoms with van der Waals surface area (Å²) in [6.07, 6.45) is 1.47. The molecule has 0 aliphatic carbocycles. The van der Waals surface area contributed by atoms with E-state index in [0.29, 0.717) is 10.2 Å². The van der Waals surface area contributed by atoms with Crippen molar-refractivity contribution in [2.24, 2.45) is 0 Å². The summed E-state index contributed by atoms with van der Waals surface area (Å²) in [6, 6.07) is 7.52. The van der Waals surface area contributed by atoms with E-state index in [1.165, 1.54) is 11.8 Å². The standard InChI is InChI=1S/C13H12BrNO2/c1-8-3-4-11(9(2)7-8)15-13(16)10-5-6-17-12(10)14/h3-7H,1-2H3,(H,15,16). The minimum absolute atomic E-state index is 0.183. The van der Waals surface area contributed by atoms with Crippen LogP contribution in [0.15, 0.2) is 39.6 Å². The second-order valence-corrected chi connectivity index (χ2v) is 4.60. The van der Waals surface area contributed by atoms with Gasteiger partial charge in [0.05, 0.1) is 11.8 Å². The van der Waals surface area contributed by atoms with Crippen molar-refractivity contribution in [2.45, 2.75) is 13.8 Å². The fraction of sp³-hybridized carbons (Fsp3) is 0.154. The SMILES string of the molecule is Cc1ccc(NC(=O)c2ccoc2Br)c(C)c1. The van der Waals surface area contributed by atoms with Crippen LogP contribution in [0.5, 0.6) is 0 Å². The van der Waals surface area contributed by atoms with Crippen LogP contribution in [0.2, 0.25) is 0 Å². The number of carbonyl (C=O) groups excluding carboxylic acids is 1. The van der Waals surface area contributed by atoms with Gasteiger partial charge >= 0.3 is 0 Å². The Hall–Kier alpha value is -1.55. The number of hydrogen-bond acceptors (Lipinski definition) is 2. The normalized spacial score (nSPS) is 10.3. The fourth-order valence-electron chi connectivity index (χ4n) is 1.60. The molecule has 2 rings (SSSR count).